The Labute approximate surface area is 132 Å². The lowest BCUT2D eigenvalue weighted by Gasteiger charge is -2.35. The Hall–Kier alpha value is -1.39. The van der Waals surface area contributed by atoms with Gasteiger partial charge in [-0.05, 0) is 51.9 Å². The van der Waals surface area contributed by atoms with E-state index < -0.39 is 23.0 Å². The fourth-order valence-electron chi connectivity index (χ4n) is 3.98. The van der Waals surface area contributed by atoms with Crippen LogP contribution in [-0.4, -0.2) is 29.3 Å². The zero-order chi connectivity index (χ0) is 16.9. The maximum Gasteiger partial charge on any atom is 0.328 e. The Morgan fingerprint density at radius 2 is 1.91 bits per heavy atom. The molecular weight excluding hydrogens is 282 g/mol. The number of carbonyl (C=O) groups is 3. The molecule has 2 aliphatic rings. The monoisotopic (exact) mass is 309 g/mol. The molecule has 124 valence electrons. The van der Waals surface area contributed by atoms with Crippen molar-refractivity contribution in [1.29, 1.82) is 0 Å². The number of fused-ring (bicyclic) bond motifs is 2. The molecule has 0 aromatic carbocycles. The average molecular weight is 309 g/mol. The average Bonchev–Trinajstić information content (AvgIpc) is 2.70. The van der Waals surface area contributed by atoms with E-state index in [0.29, 0.717) is 12.8 Å². The summed E-state index contributed by atoms with van der Waals surface area (Å²) < 4.78 is 5.28. The molecule has 0 radical (unpaired) electrons. The van der Waals surface area contributed by atoms with Crippen molar-refractivity contribution in [2.45, 2.75) is 72.4 Å². The van der Waals surface area contributed by atoms with Crippen molar-refractivity contribution in [1.82, 2.24) is 5.32 Å². The van der Waals surface area contributed by atoms with Gasteiger partial charge in [0.2, 0.25) is 5.91 Å². The molecule has 2 fully saturated rings. The first-order valence-corrected chi connectivity index (χ1v) is 7.99. The van der Waals surface area contributed by atoms with E-state index in [1.54, 1.807) is 27.7 Å². The largest absolute Gasteiger partial charge is 0.458 e. The standard InChI is InChI=1S/C17H27NO4/c1-10(13(20)22-15(2,3)4)18-14(21)17-8-7-11(9-12(17)19)16(17,5)6/h10-11H,7-9H2,1-6H3,(H,18,21)/t10-,11+,17-/m0/s1. The van der Waals surface area contributed by atoms with Crippen LogP contribution in [0.25, 0.3) is 0 Å². The maximum absolute atomic E-state index is 12.8. The number of hydrogen-bond acceptors (Lipinski definition) is 4. The van der Waals surface area contributed by atoms with Crippen molar-refractivity contribution < 1.29 is 19.1 Å². The van der Waals surface area contributed by atoms with Crippen LogP contribution in [0, 0.1) is 16.7 Å². The van der Waals surface area contributed by atoms with E-state index in [-0.39, 0.29) is 23.0 Å². The van der Waals surface area contributed by atoms with Gasteiger partial charge in [0.15, 0.2) is 0 Å². The quantitative estimate of drug-likeness (QED) is 0.641. The predicted molar refractivity (Wildman–Crippen MR) is 82.0 cm³/mol. The highest BCUT2D eigenvalue weighted by molar-refractivity contribution is 6.10. The summed E-state index contributed by atoms with van der Waals surface area (Å²) in [5.74, 6) is -0.513. The Morgan fingerprint density at radius 3 is 2.32 bits per heavy atom. The summed E-state index contributed by atoms with van der Waals surface area (Å²) in [6, 6.07) is -0.760. The van der Waals surface area contributed by atoms with E-state index in [1.165, 1.54) is 0 Å². The lowest BCUT2D eigenvalue weighted by atomic mass is 9.68. The Morgan fingerprint density at radius 1 is 1.32 bits per heavy atom. The van der Waals surface area contributed by atoms with Crippen LogP contribution in [-0.2, 0) is 19.1 Å². The highest BCUT2D eigenvalue weighted by atomic mass is 16.6. The van der Waals surface area contributed by atoms with Crippen LogP contribution in [0.15, 0.2) is 0 Å². The van der Waals surface area contributed by atoms with Gasteiger partial charge in [0.1, 0.15) is 22.8 Å². The van der Waals surface area contributed by atoms with Crippen molar-refractivity contribution >= 4 is 17.7 Å². The van der Waals surface area contributed by atoms with E-state index in [0.717, 1.165) is 6.42 Å². The molecule has 2 rings (SSSR count). The van der Waals surface area contributed by atoms with E-state index >= 15 is 0 Å². The van der Waals surface area contributed by atoms with E-state index in [9.17, 15) is 14.4 Å². The second kappa shape index (κ2) is 5.07. The number of hydrogen-bond donors (Lipinski definition) is 1. The van der Waals surface area contributed by atoms with Crippen molar-refractivity contribution in [3.05, 3.63) is 0 Å². The molecule has 0 aromatic heterocycles. The second-order valence-corrected chi connectivity index (χ2v) is 8.22. The lowest BCUT2D eigenvalue weighted by molar-refractivity contribution is -0.160. The van der Waals surface area contributed by atoms with Gasteiger partial charge in [-0.2, -0.15) is 0 Å². The number of esters is 1. The fraction of sp³-hybridized carbons (Fsp3) is 0.824. The van der Waals surface area contributed by atoms with Gasteiger partial charge in [-0.1, -0.05) is 13.8 Å². The van der Waals surface area contributed by atoms with Crippen LogP contribution in [0.1, 0.15) is 60.8 Å². The van der Waals surface area contributed by atoms with E-state index in [4.69, 9.17) is 4.74 Å². The number of carbonyl (C=O) groups excluding carboxylic acids is 3. The van der Waals surface area contributed by atoms with Crippen molar-refractivity contribution in [2.24, 2.45) is 16.7 Å². The number of nitrogens with one attached hydrogen (secondary N) is 1. The number of ether oxygens (including phenoxy) is 1. The molecule has 0 unspecified atom stereocenters. The molecule has 3 atom stereocenters. The van der Waals surface area contributed by atoms with Crippen LogP contribution in [0.2, 0.25) is 0 Å². The van der Waals surface area contributed by atoms with Crippen LogP contribution >= 0.6 is 0 Å². The van der Waals surface area contributed by atoms with Gasteiger partial charge < -0.3 is 10.1 Å². The molecule has 5 nitrogen and oxygen atoms in total. The number of amides is 1. The van der Waals surface area contributed by atoms with Crippen molar-refractivity contribution in [3.63, 3.8) is 0 Å². The number of Topliss-reactive ketones (excluding diaryl/α,β-unsaturated/α-hetero) is 1. The molecule has 2 bridgehead atoms. The molecule has 5 heteroatoms. The van der Waals surface area contributed by atoms with Gasteiger partial charge in [0.25, 0.3) is 0 Å². The summed E-state index contributed by atoms with van der Waals surface area (Å²) in [5, 5.41) is 2.71. The summed E-state index contributed by atoms with van der Waals surface area (Å²) in [4.78, 5) is 37.2. The van der Waals surface area contributed by atoms with Crippen molar-refractivity contribution in [3.8, 4) is 0 Å². The molecule has 0 aliphatic heterocycles. The molecule has 2 aliphatic carbocycles. The normalized spacial score (nSPS) is 31.0. The van der Waals surface area contributed by atoms with E-state index in [2.05, 4.69) is 5.32 Å². The fourth-order valence-corrected chi connectivity index (χ4v) is 3.98. The Kier molecular flexibility index (Phi) is 3.91. The van der Waals surface area contributed by atoms with E-state index in [1.807, 2.05) is 13.8 Å². The van der Waals surface area contributed by atoms with Crippen molar-refractivity contribution in [2.75, 3.05) is 0 Å². The summed E-state index contributed by atoms with van der Waals surface area (Å²) in [7, 11) is 0. The topological polar surface area (TPSA) is 72.5 Å². The number of ketones is 1. The third-order valence-corrected chi connectivity index (χ3v) is 5.39. The minimum atomic E-state index is -0.978. The zero-order valence-corrected chi connectivity index (χ0v) is 14.4. The minimum absolute atomic E-state index is 0.0163. The van der Waals surface area contributed by atoms with Gasteiger partial charge in [0.05, 0.1) is 0 Å². The first-order chi connectivity index (χ1) is 9.92. The molecule has 1 N–H and O–H groups in total. The molecule has 0 saturated heterocycles. The first-order valence-electron chi connectivity index (χ1n) is 7.99. The second-order valence-electron chi connectivity index (χ2n) is 8.22. The lowest BCUT2D eigenvalue weighted by Crippen LogP contribution is -2.54. The summed E-state index contributed by atoms with van der Waals surface area (Å²) in [6.07, 6.45) is 1.95. The van der Waals surface area contributed by atoms with Gasteiger partial charge >= 0.3 is 5.97 Å². The third-order valence-electron chi connectivity index (χ3n) is 5.39. The molecular formula is C17H27NO4. The first kappa shape index (κ1) is 17.0. The zero-order valence-electron chi connectivity index (χ0n) is 14.4. The van der Waals surface area contributed by atoms with Crippen LogP contribution < -0.4 is 5.32 Å². The molecule has 1 amide bonds. The molecule has 0 spiro atoms. The predicted octanol–water partition coefficient (Wildman–Crippen LogP) is 2.23. The molecule has 0 aromatic rings. The molecule has 22 heavy (non-hydrogen) atoms. The molecule has 0 heterocycles. The van der Waals surface area contributed by atoms with Crippen LogP contribution in [0.3, 0.4) is 0 Å². The SMILES string of the molecule is C[C@H](NC(=O)[C@]12CC[C@H](CC1=O)C2(C)C)C(=O)OC(C)(C)C. The van der Waals surface area contributed by atoms with Gasteiger partial charge in [0, 0.05) is 6.42 Å². The smallest absolute Gasteiger partial charge is 0.328 e. The maximum atomic E-state index is 12.8. The third kappa shape index (κ3) is 2.44. The molecule has 2 saturated carbocycles. The van der Waals surface area contributed by atoms with Gasteiger partial charge in [-0.25, -0.2) is 4.79 Å². The summed E-state index contributed by atoms with van der Waals surface area (Å²) >= 11 is 0. The Balaban J connectivity index is 2.12. The van der Waals surface area contributed by atoms with Crippen LogP contribution in [0.4, 0.5) is 0 Å². The van der Waals surface area contributed by atoms with Gasteiger partial charge in [-0.15, -0.1) is 0 Å². The highest BCUT2D eigenvalue weighted by Gasteiger charge is 2.68. The number of rotatable bonds is 3. The highest BCUT2D eigenvalue weighted by Crippen LogP contribution is 2.63. The summed E-state index contributed by atoms with van der Waals surface area (Å²) in [5.41, 5.74) is -1.93. The van der Waals surface area contributed by atoms with Gasteiger partial charge in [-0.3, -0.25) is 9.59 Å². The minimum Gasteiger partial charge on any atom is -0.458 e. The van der Waals surface area contributed by atoms with Crippen LogP contribution in [0.5, 0.6) is 0 Å². The Bertz CT molecular complexity index is 517. The summed E-state index contributed by atoms with van der Waals surface area (Å²) in [6.45, 7) is 10.9.